The molecule has 2 aromatic carbocycles. The summed E-state index contributed by atoms with van der Waals surface area (Å²) in [5.74, 6) is 0.0830. The van der Waals surface area contributed by atoms with E-state index in [0.29, 0.717) is 16.3 Å². The first-order chi connectivity index (χ1) is 17.4. The number of pyridine rings is 1. The number of nitrogens with one attached hydrogen (secondary N) is 1. The zero-order valence-electron chi connectivity index (χ0n) is 20.0. The van der Waals surface area contributed by atoms with Gasteiger partial charge >= 0.3 is 0 Å². The van der Waals surface area contributed by atoms with Crippen LogP contribution < -0.4 is 10.5 Å². The van der Waals surface area contributed by atoms with Crippen LogP contribution >= 0.6 is 23.2 Å². The molecule has 0 unspecified atom stereocenters. The number of nitrogens with zero attached hydrogens (tertiary/aromatic N) is 2. The maximum absolute atomic E-state index is 14.0. The van der Waals surface area contributed by atoms with E-state index in [1.807, 2.05) is 6.07 Å². The summed E-state index contributed by atoms with van der Waals surface area (Å²) in [6.45, 7) is 3.87. The number of anilines is 1. The van der Waals surface area contributed by atoms with Crippen LogP contribution in [0.2, 0.25) is 10.0 Å². The Hall–Kier alpha value is -2.80. The predicted octanol–water partition coefficient (Wildman–Crippen LogP) is 7.31. The third-order valence-corrected chi connectivity index (χ3v) is 8.31. The van der Waals surface area contributed by atoms with Gasteiger partial charge in [-0.3, -0.25) is 4.90 Å². The number of H-pyrrole nitrogens is 1. The lowest BCUT2D eigenvalue weighted by Gasteiger charge is -2.39. The van der Waals surface area contributed by atoms with E-state index >= 15 is 0 Å². The van der Waals surface area contributed by atoms with E-state index in [1.54, 1.807) is 13.1 Å². The fraction of sp³-hybridized carbons (Fsp3) is 0.321. The SMILES string of the molecule is C[C@@H](Oc1cc(-c2ccc3[nH]c4c(c3c2)CN(C2CCC2)CC4)cnc1N)c1c(Cl)ccc(F)c1Cl. The van der Waals surface area contributed by atoms with Crippen molar-refractivity contribution in [1.82, 2.24) is 14.9 Å². The number of aromatic amines is 1. The van der Waals surface area contributed by atoms with Crippen LogP contribution in [0.15, 0.2) is 42.6 Å². The van der Waals surface area contributed by atoms with Gasteiger partial charge in [0, 0.05) is 64.5 Å². The monoisotopic (exact) mass is 524 g/mol. The number of rotatable bonds is 5. The molecule has 2 aliphatic rings. The minimum Gasteiger partial charge on any atom is -0.482 e. The fourth-order valence-corrected chi connectivity index (χ4v) is 6.03. The van der Waals surface area contributed by atoms with Gasteiger partial charge in [-0.1, -0.05) is 35.7 Å². The second kappa shape index (κ2) is 9.25. The molecule has 1 saturated carbocycles. The van der Waals surface area contributed by atoms with Crippen molar-refractivity contribution >= 4 is 39.9 Å². The van der Waals surface area contributed by atoms with E-state index in [4.69, 9.17) is 33.7 Å². The van der Waals surface area contributed by atoms with Gasteiger partial charge in [0.2, 0.25) is 0 Å². The average molecular weight is 525 g/mol. The highest BCUT2D eigenvalue weighted by molar-refractivity contribution is 6.36. The second-order valence-corrected chi connectivity index (χ2v) is 10.6. The Labute approximate surface area is 219 Å². The Morgan fingerprint density at radius 2 is 2.00 bits per heavy atom. The van der Waals surface area contributed by atoms with Gasteiger partial charge in [0.25, 0.3) is 0 Å². The number of nitrogens with two attached hydrogens (primary N) is 1. The summed E-state index contributed by atoms with van der Waals surface area (Å²) in [5.41, 5.74) is 12.3. The van der Waals surface area contributed by atoms with Crippen molar-refractivity contribution in [3.63, 3.8) is 0 Å². The first-order valence-electron chi connectivity index (χ1n) is 12.3. The highest BCUT2D eigenvalue weighted by Crippen LogP contribution is 2.38. The molecule has 0 spiro atoms. The average Bonchev–Trinajstić information content (AvgIpc) is 3.19. The maximum Gasteiger partial charge on any atom is 0.166 e. The van der Waals surface area contributed by atoms with Crippen molar-refractivity contribution in [1.29, 1.82) is 0 Å². The van der Waals surface area contributed by atoms with Crippen LogP contribution in [0.1, 0.15) is 49.1 Å². The van der Waals surface area contributed by atoms with Gasteiger partial charge < -0.3 is 15.5 Å². The normalized spacial score (nSPS) is 17.1. The van der Waals surface area contributed by atoms with E-state index in [2.05, 4.69) is 33.1 Å². The van der Waals surface area contributed by atoms with Crippen molar-refractivity contribution in [3.05, 3.63) is 75.3 Å². The summed E-state index contributed by atoms with van der Waals surface area (Å²) >= 11 is 12.5. The maximum atomic E-state index is 14.0. The molecule has 1 fully saturated rings. The van der Waals surface area contributed by atoms with Gasteiger partial charge in [-0.25, -0.2) is 9.37 Å². The first kappa shape index (κ1) is 23.6. The number of hydrogen-bond acceptors (Lipinski definition) is 4. The fourth-order valence-electron chi connectivity index (χ4n) is 5.35. The predicted molar refractivity (Wildman–Crippen MR) is 143 cm³/mol. The second-order valence-electron chi connectivity index (χ2n) is 9.77. The lowest BCUT2D eigenvalue weighted by atomic mass is 9.89. The summed E-state index contributed by atoms with van der Waals surface area (Å²) in [7, 11) is 0. The molecule has 1 aliphatic carbocycles. The van der Waals surface area contributed by atoms with Crippen molar-refractivity contribution in [2.24, 2.45) is 0 Å². The van der Waals surface area contributed by atoms with Gasteiger partial charge in [0.15, 0.2) is 11.6 Å². The number of nitrogen functional groups attached to an aromatic ring is 1. The topological polar surface area (TPSA) is 67.2 Å². The largest absolute Gasteiger partial charge is 0.482 e. The summed E-state index contributed by atoms with van der Waals surface area (Å²) in [6, 6.07) is 11.7. The molecule has 1 atom stereocenters. The number of ether oxygens (including phenoxy) is 1. The Balaban J connectivity index is 1.32. The smallest absolute Gasteiger partial charge is 0.166 e. The minimum absolute atomic E-state index is 0.0590. The highest BCUT2D eigenvalue weighted by atomic mass is 35.5. The number of fused-ring (bicyclic) bond motifs is 3. The van der Waals surface area contributed by atoms with E-state index in [9.17, 15) is 4.39 Å². The molecule has 3 N–H and O–H groups in total. The summed E-state index contributed by atoms with van der Waals surface area (Å²) in [6.07, 6.45) is 6.14. The van der Waals surface area contributed by atoms with Gasteiger partial charge in [-0.2, -0.15) is 0 Å². The number of benzene rings is 2. The summed E-state index contributed by atoms with van der Waals surface area (Å²) < 4.78 is 20.1. The van der Waals surface area contributed by atoms with E-state index in [-0.39, 0.29) is 10.8 Å². The molecular formula is C28H27Cl2FN4O. The molecule has 1 aliphatic heterocycles. The Morgan fingerprint density at radius 1 is 1.17 bits per heavy atom. The molecular weight excluding hydrogens is 498 g/mol. The van der Waals surface area contributed by atoms with Crippen LogP contribution in [-0.4, -0.2) is 27.5 Å². The zero-order valence-corrected chi connectivity index (χ0v) is 21.5. The molecule has 3 heterocycles. The van der Waals surface area contributed by atoms with Crippen molar-refractivity contribution in [2.75, 3.05) is 12.3 Å². The molecule has 5 nitrogen and oxygen atoms in total. The molecule has 6 rings (SSSR count). The van der Waals surface area contributed by atoms with Gasteiger partial charge in [0.1, 0.15) is 11.9 Å². The molecule has 8 heteroatoms. The number of hydrogen-bond donors (Lipinski definition) is 2. The summed E-state index contributed by atoms with van der Waals surface area (Å²) in [5, 5.41) is 1.52. The minimum atomic E-state index is -0.628. The number of halogens is 3. The molecule has 0 radical (unpaired) electrons. The van der Waals surface area contributed by atoms with Crippen LogP contribution in [0.5, 0.6) is 5.75 Å². The zero-order chi connectivity index (χ0) is 25.0. The van der Waals surface area contributed by atoms with E-state index in [1.165, 1.54) is 48.0 Å². The Kier molecular flexibility index (Phi) is 6.06. The van der Waals surface area contributed by atoms with Crippen LogP contribution in [0, 0.1) is 5.82 Å². The Morgan fingerprint density at radius 3 is 2.78 bits per heavy atom. The molecule has 4 aromatic rings. The first-order valence-corrected chi connectivity index (χ1v) is 13.1. The van der Waals surface area contributed by atoms with Crippen molar-refractivity contribution in [2.45, 2.75) is 51.3 Å². The standard InChI is InChI=1S/C28H27Cl2FN4O/c1-15(26-21(29)6-7-22(31)27(26)30)36-25-12-17(13-33-28(25)32)16-5-8-23-19(11-16)20-14-35(18-3-2-4-18)10-9-24(20)34-23/h5-8,11-13,15,18,34H,2-4,9-10,14H2,1H3,(H2,32,33)/t15-/m1/s1. The van der Waals surface area contributed by atoms with Gasteiger partial charge in [0.05, 0.1) is 5.02 Å². The molecule has 36 heavy (non-hydrogen) atoms. The van der Waals surface area contributed by atoms with Crippen LogP contribution in [0.25, 0.3) is 22.0 Å². The molecule has 0 bridgehead atoms. The lowest BCUT2D eigenvalue weighted by molar-refractivity contribution is 0.113. The molecule has 0 saturated heterocycles. The van der Waals surface area contributed by atoms with Gasteiger partial charge in [-0.05, 0) is 61.2 Å². The van der Waals surface area contributed by atoms with E-state index < -0.39 is 11.9 Å². The van der Waals surface area contributed by atoms with Gasteiger partial charge in [-0.15, -0.1) is 0 Å². The molecule has 0 amide bonds. The summed E-state index contributed by atoms with van der Waals surface area (Å²) in [4.78, 5) is 10.6. The molecule has 186 valence electrons. The lowest BCUT2D eigenvalue weighted by Crippen LogP contribution is -2.42. The quantitative estimate of drug-likeness (QED) is 0.268. The Bertz CT molecular complexity index is 1470. The number of aromatic nitrogens is 2. The third-order valence-electron chi connectivity index (χ3n) is 7.60. The van der Waals surface area contributed by atoms with Crippen LogP contribution in [-0.2, 0) is 13.0 Å². The van der Waals surface area contributed by atoms with Crippen LogP contribution in [0.3, 0.4) is 0 Å². The van der Waals surface area contributed by atoms with Crippen LogP contribution in [0.4, 0.5) is 10.2 Å². The molecule has 2 aromatic heterocycles. The van der Waals surface area contributed by atoms with Crippen molar-refractivity contribution < 1.29 is 9.13 Å². The van der Waals surface area contributed by atoms with E-state index in [0.717, 1.165) is 42.2 Å². The highest BCUT2D eigenvalue weighted by Gasteiger charge is 2.29. The third kappa shape index (κ3) is 4.11. The van der Waals surface area contributed by atoms with Crippen molar-refractivity contribution in [3.8, 4) is 16.9 Å².